The van der Waals surface area contributed by atoms with Gasteiger partial charge in [-0.25, -0.2) is 44.9 Å². The van der Waals surface area contributed by atoms with Gasteiger partial charge in [-0.1, -0.05) is 12.1 Å². The fourth-order valence-electron chi connectivity index (χ4n) is 8.01. The summed E-state index contributed by atoms with van der Waals surface area (Å²) >= 11 is 0. The van der Waals surface area contributed by atoms with E-state index in [1.54, 1.807) is 37.2 Å². The minimum atomic E-state index is 0.792. The first-order valence-electron chi connectivity index (χ1n) is 23.1. The molecule has 11 heterocycles. The molecule has 7 N–H and O–H groups in total. The number of hydrogen-bond acceptors (Lipinski definition) is 11. The lowest BCUT2D eigenvalue weighted by atomic mass is 10.0. The van der Waals surface area contributed by atoms with Crippen LogP contribution in [0.15, 0.2) is 97.8 Å². The number of benzene rings is 1. The Bertz CT molecular complexity index is 2880. The van der Waals surface area contributed by atoms with Crippen LogP contribution in [0.1, 0.15) is 82.8 Å². The number of pyridine rings is 4. The van der Waals surface area contributed by atoms with Crippen LogP contribution in [0.5, 0.6) is 0 Å². The summed E-state index contributed by atoms with van der Waals surface area (Å²) in [4.78, 5) is 67.8. The average Bonchev–Trinajstić information content (AvgIpc) is 4.21. The van der Waals surface area contributed by atoms with Gasteiger partial charge < -0.3 is 34.9 Å². The Morgan fingerprint density at radius 2 is 0.725 bits per heavy atom. The van der Waals surface area contributed by atoms with E-state index in [1.165, 1.54) is 67.7 Å². The summed E-state index contributed by atoms with van der Waals surface area (Å²) in [6, 6.07) is 19.5. The lowest BCUT2D eigenvalue weighted by Gasteiger charge is -2.07. The molecule has 0 aliphatic heterocycles. The van der Waals surface area contributed by atoms with Crippen molar-refractivity contribution in [3.8, 4) is 0 Å². The molecule has 352 valence electrons. The van der Waals surface area contributed by atoms with Crippen molar-refractivity contribution in [1.29, 1.82) is 0 Å². The van der Waals surface area contributed by atoms with Crippen LogP contribution in [-0.4, -0.2) is 89.7 Å². The number of nitrogens with one attached hydrogen (secondary N) is 7. The number of para-hydroxylation sites is 2. The van der Waals surface area contributed by atoms with Crippen molar-refractivity contribution in [2.24, 2.45) is 0 Å². The number of hydrogen-bond donors (Lipinski definition) is 7. The van der Waals surface area contributed by atoms with Gasteiger partial charge in [-0.3, -0.25) is 9.97 Å². The van der Waals surface area contributed by atoms with Gasteiger partial charge in [0, 0.05) is 36.2 Å². The third-order valence-electron chi connectivity index (χ3n) is 11.0. The standard InChI is InChI=1S/C8H12N2.C8H8N2.4C7H7N3.C7H10N2/c2*1-6-9-7-4-2-3-5-8(7)10-6;2*1-5-9-6-2-3-8-4-7(6)10-5;2*1-5-9-6-3-2-4-8-7(6)10-5;1-5-8-6-3-2-4-7(6)9-5/h2-5H2,1H3,(H,9,10);2-5H,1H3,(H,9,10);2*2-4H,1H3,(H,9,10);2*2-4H,1H3,(H,8,9,10);2-4H2,1H3,(H,8,9). The second kappa shape index (κ2) is 22.4. The summed E-state index contributed by atoms with van der Waals surface area (Å²) in [6.45, 7) is 13.7. The van der Waals surface area contributed by atoms with Crippen LogP contribution in [0.25, 0.3) is 55.4 Å². The van der Waals surface area contributed by atoms with E-state index in [4.69, 9.17) is 0 Å². The summed E-state index contributed by atoms with van der Waals surface area (Å²) in [7, 11) is 0. The van der Waals surface area contributed by atoms with Crippen LogP contribution >= 0.6 is 0 Å². The molecule has 0 radical (unpaired) electrons. The Kier molecular flexibility index (Phi) is 15.3. The Morgan fingerprint density at radius 3 is 1.20 bits per heavy atom. The quantitative estimate of drug-likeness (QED) is 0.0754. The van der Waals surface area contributed by atoms with Gasteiger partial charge in [-0.2, -0.15) is 0 Å². The van der Waals surface area contributed by atoms with E-state index < -0.39 is 0 Å². The fourth-order valence-corrected chi connectivity index (χ4v) is 8.01. The Hall–Kier alpha value is -8.41. The monoisotopic (exact) mass is 923 g/mol. The molecule has 1 aromatic carbocycles. The molecule has 18 heteroatoms. The van der Waals surface area contributed by atoms with Crippen LogP contribution in [0.3, 0.4) is 0 Å². The van der Waals surface area contributed by atoms with Crippen molar-refractivity contribution < 1.29 is 0 Å². The van der Waals surface area contributed by atoms with Gasteiger partial charge in [0.25, 0.3) is 0 Å². The van der Waals surface area contributed by atoms with E-state index in [2.05, 4.69) is 89.7 Å². The van der Waals surface area contributed by atoms with Crippen molar-refractivity contribution in [3.63, 3.8) is 0 Å². The Labute approximate surface area is 398 Å². The van der Waals surface area contributed by atoms with Gasteiger partial charge in [0.05, 0.1) is 67.9 Å². The second-order valence-electron chi connectivity index (χ2n) is 16.7. The summed E-state index contributed by atoms with van der Waals surface area (Å²) in [5.41, 5.74) is 15.0. The third kappa shape index (κ3) is 12.9. The van der Waals surface area contributed by atoms with E-state index in [1.807, 2.05) is 109 Å². The zero-order valence-electron chi connectivity index (χ0n) is 40.1. The maximum absolute atomic E-state index is 4.40. The Morgan fingerprint density at radius 1 is 0.333 bits per heavy atom. The maximum Gasteiger partial charge on any atom is 0.177 e. The number of imidazole rings is 7. The van der Waals surface area contributed by atoms with Gasteiger partial charge in [-0.05, 0) is 142 Å². The largest absolute Gasteiger partial charge is 0.346 e. The number of aromatic amines is 7. The summed E-state index contributed by atoms with van der Waals surface area (Å²) in [6.07, 6.45) is 19.2. The number of nitrogens with zero attached hydrogens (tertiary/aromatic N) is 11. The van der Waals surface area contributed by atoms with Gasteiger partial charge in [0.15, 0.2) is 11.3 Å². The van der Waals surface area contributed by atoms with E-state index in [-0.39, 0.29) is 0 Å². The number of H-pyrrole nitrogens is 7. The molecular formula is C51H58N18. The minimum absolute atomic E-state index is 0.792. The molecule has 0 saturated carbocycles. The van der Waals surface area contributed by atoms with E-state index >= 15 is 0 Å². The molecule has 0 spiro atoms. The highest BCUT2D eigenvalue weighted by atomic mass is 15.0. The minimum Gasteiger partial charge on any atom is -0.346 e. The maximum atomic E-state index is 4.40. The SMILES string of the molecule is Cc1nc2c([nH]1)CCC2.Cc1nc2c([nH]1)CCCC2.Cc1nc2ccccc2[nH]1.Cc1nc2ccncc2[nH]1.Cc1nc2ccncc2[nH]1.Cc1nc2ncccc2[nH]1.Cc1nc2ncccc2[nH]1. The predicted octanol–water partition coefficient (Wildman–Crippen LogP) is 9.74. The van der Waals surface area contributed by atoms with Crippen LogP contribution in [0, 0.1) is 48.5 Å². The van der Waals surface area contributed by atoms with Gasteiger partial charge in [0.1, 0.15) is 40.8 Å². The normalized spacial score (nSPS) is 12.2. The molecule has 11 aromatic heterocycles. The van der Waals surface area contributed by atoms with Crippen molar-refractivity contribution >= 4 is 55.4 Å². The molecule has 18 nitrogen and oxygen atoms in total. The molecule has 0 atom stereocenters. The number of aryl methyl sites for hydroxylation is 11. The molecule has 14 rings (SSSR count). The molecule has 2 aliphatic carbocycles. The topological polar surface area (TPSA) is 252 Å². The van der Waals surface area contributed by atoms with Crippen LogP contribution in [0.2, 0.25) is 0 Å². The highest BCUT2D eigenvalue weighted by Gasteiger charge is 2.14. The molecule has 0 amide bonds. The van der Waals surface area contributed by atoms with Crippen LogP contribution < -0.4 is 0 Å². The molecule has 2 aliphatic rings. The highest BCUT2D eigenvalue weighted by Crippen LogP contribution is 2.19. The van der Waals surface area contributed by atoms with Gasteiger partial charge >= 0.3 is 0 Å². The molecule has 69 heavy (non-hydrogen) atoms. The van der Waals surface area contributed by atoms with Crippen molar-refractivity contribution in [2.45, 2.75) is 93.4 Å². The van der Waals surface area contributed by atoms with Crippen molar-refractivity contribution in [1.82, 2.24) is 89.7 Å². The summed E-state index contributed by atoms with van der Waals surface area (Å²) in [5, 5.41) is 0. The number of rotatable bonds is 0. The summed E-state index contributed by atoms with van der Waals surface area (Å²) in [5.74, 6) is 6.81. The molecule has 0 fully saturated rings. The molecule has 0 saturated heterocycles. The molecule has 0 bridgehead atoms. The van der Waals surface area contributed by atoms with Gasteiger partial charge in [0.2, 0.25) is 0 Å². The number of fused-ring (bicyclic) bond motifs is 7. The molecule has 12 aromatic rings. The second-order valence-corrected chi connectivity index (χ2v) is 16.7. The Balaban J connectivity index is 0.000000109. The lowest BCUT2D eigenvalue weighted by Crippen LogP contribution is -2.00. The van der Waals surface area contributed by atoms with E-state index in [0.29, 0.717) is 0 Å². The third-order valence-corrected chi connectivity index (χ3v) is 11.0. The predicted molar refractivity (Wildman–Crippen MR) is 271 cm³/mol. The first kappa shape index (κ1) is 47.1. The first-order valence-corrected chi connectivity index (χ1v) is 23.1. The van der Waals surface area contributed by atoms with Gasteiger partial charge in [-0.15, -0.1) is 0 Å². The zero-order valence-corrected chi connectivity index (χ0v) is 40.1. The zero-order chi connectivity index (χ0) is 48.1. The summed E-state index contributed by atoms with van der Waals surface area (Å²) < 4.78 is 0. The van der Waals surface area contributed by atoms with Crippen LogP contribution in [0.4, 0.5) is 0 Å². The fraction of sp³-hybridized carbons (Fsp3) is 0.275. The highest BCUT2D eigenvalue weighted by molar-refractivity contribution is 5.75. The lowest BCUT2D eigenvalue weighted by molar-refractivity contribution is 0.667. The van der Waals surface area contributed by atoms with Crippen molar-refractivity contribution in [2.75, 3.05) is 0 Å². The van der Waals surface area contributed by atoms with E-state index in [0.717, 1.165) is 96.2 Å². The first-order chi connectivity index (χ1) is 33.5. The van der Waals surface area contributed by atoms with E-state index in [9.17, 15) is 0 Å². The molecule has 0 unspecified atom stereocenters. The average molecular weight is 923 g/mol. The smallest absolute Gasteiger partial charge is 0.177 e. The molecular weight excluding hydrogens is 865 g/mol. The van der Waals surface area contributed by atoms with Crippen LogP contribution in [-0.2, 0) is 25.7 Å². The number of aromatic nitrogens is 18. The van der Waals surface area contributed by atoms with Crippen molar-refractivity contribution in [3.05, 3.63) is 161 Å².